The van der Waals surface area contributed by atoms with Crippen LogP contribution in [0.15, 0.2) is 10.7 Å². The van der Waals surface area contributed by atoms with Crippen molar-refractivity contribution in [2.45, 2.75) is 25.7 Å². The van der Waals surface area contributed by atoms with Gasteiger partial charge in [-0.2, -0.15) is 5.10 Å². The van der Waals surface area contributed by atoms with Gasteiger partial charge in [-0.25, -0.2) is 0 Å². The molecule has 0 bridgehead atoms. The fraction of sp³-hybridized carbons (Fsp3) is 0.600. The maximum atomic E-state index is 11.8. The summed E-state index contributed by atoms with van der Waals surface area (Å²) in [6, 6.07) is 0. The van der Waals surface area contributed by atoms with Gasteiger partial charge in [0.2, 0.25) is 0 Å². The van der Waals surface area contributed by atoms with Gasteiger partial charge in [-0.3, -0.25) is 9.48 Å². The highest BCUT2D eigenvalue weighted by Gasteiger charge is 2.14. The molecule has 2 N–H and O–H groups in total. The summed E-state index contributed by atoms with van der Waals surface area (Å²) >= 11 is 3.32. The second-order valence-corrected chi connectivity index (χ2v) is 4.34. The Kier molecular flexibility index (Phi) is 4.98. The molecule has 0 aromatic carbocycles. The minimum atomic E-state index is 0.138. The lowest BCUT2D eigenvalue weighted by Gasteiger charge is -2.02. The van der Waals surface area contributed by atoms with Crippen LogP contribution in [0.3, 0.4) is 0 Å². The molecule has 0 spiro atoms. The normalized spacial score (nSPS) is 10.6. The van der Waals surface area contributed by atoms with E-state index in [-0.39, 0.29) is 5.78 Å². The number of carbonyl (C=O) groups is 1. The van der Waals surface area contributed by atoms with Crippen molar-refractivity contribution in [1.82, 2.24) is 9.78 Å². The predicted octanol–water partition coefficient (Wildman–Crippen LogP) is 1.88. The number of aryl methyl sites for hydroxylation is 1. The zero-order valence-corrected chi connectivity index (χ0v) is 10.5. The van der Waals surface area contributed by atoms with Crippen molar-refractivity contribution in [3.63, 3.8) is 0 Å². The van der Waals surface area contributed by atoms with E-state index in [0.717, 1.165) is 23.7 Å². The summed E-state index contributed by atoms with van der Waals surface area (Å²) in [6.45, 7) is 0.698. The Bertz CT molecular complexity index is 316. The molecule has 0 saturated heterocycles. The second kappa shape index (κ2) is 6.02. The lowest BCUT2D eigenvalue weighted by atomic mass is 10.1. The molecule has 1 aromatic heterocycles. The van der Waals surface area contributed by atoms with Crippen LogP contribution in [0.4, 0.5) is 0 Å². The van der Waals surface area contributed by atoms with Gasteiger partial charge in [0.15, 0.2) is 5.78 Å². The summed E-state index contributed by atoms with van der Waals surface area (Å²) in [7, 11) is 1.78. The van der Waals surface area contributed by atoms with E-state index >= 15 is 0 Å². The van der Waals surface area contributed by atoms with Crippen LogP contribution in [0, 0.1) is 0 Å². The van der Waals surface area contributed by atoms with E-state index in [1.807, 2.05) is 0 Å². The van der Waals surface area contributed by atoms with Crippen molar-refractivity contribution < 1.29 is 4.79 Å². The van der Waals surface area contributed by atoms with Crippen molar-refractivity contribution in [3.8, 4) is 0 Å². The highest BCUT2D eigenvalue weighted by Crippen LogP contribution is 2.17. The Morgan fingerprint density at radius 1 is 1.53 bits per heavy atom. The van der Waals surface area contributed by atoms with Crippen molar-refractivity contribution >= 4 is 21.7 Å². The van der Waals surface area contributed by atoms with Crippen molar-refractivity contribution in [1.29, 1.82) is 0 Å². The summed E-state index contributed by atoms with van der Waals surface area (Å²) in [5.74, 6) is 0.138. The van der Waals surface area contributed by atoms with Gasteiger partial charge >= 0.3 is 0 Å². The van der Waals surface area contributed by atoms with E-state index in [9.17, 15) is 4.79 Å². The SMILES string of the molecule is Cn1ncc(Br)c1C(=O)CCCCCN. The molecule has 15 heavy (non-hydrogen) atoms. The van der Waals surface area contributed by atoms with Gasteiger partial charge < -0.3 is 5.73 Å². The smallest absolute Gasteiger partial charge is 0.182 e. The number of unbranched alkanes of at least 4 members (excludes halogenated alkanes) is 2. The summed E-state index contributed by atoms with van der Waals surface area (Å²) in [5.41, 5.74) is 6.04. The van der Waals surface area contributed by atoms with E-state index < -0.39 is 0 Å². The molecular formula is C10H16BrN3O. The largest absolute Gasteiger partial charge is 0.330 e. The Morgan fingerprint density at radius 3 is 2.80 bits per heavy atom. The molecule has 4 nitrogen and oxygen atoms in total. The monoisotopic (exact) mass is 273 g/mol. The molecule has 1 aromatic rings. The van der Waals surface area contributed by atoms with Gasteiger partial charge in [0, 0.05) is 13.5 Å². The number of rotatable bonds is 6. The zero-order chi connectivity index (χ0) is 11.3. The Balaban J connectivity index is 2.47. The standard InChI is InChI=1S/C10H16BrN3O/c1-14-10(8(11)7-13-14)9(15)5-3-2-4-6-12/h7H,2-6,12H2,1H3. The molecule has 0 aliphatic heterocycles. The molecule has 5 heteroatoms. The van der Waals surface area contributed by atoms with E-state index in [1.165, 1.54) is 0 Å². The second-order valence-electron chi connectivity index (χ2n) is 3.49. The van der Waals surface area contributed by atoms with Crippen molar-refractivity contribution in [3.05, 3.63) is 16.4 Å². The highest BCUT2D eigenvalue weighted by atomic mass is 79.9. The number of halogens is 1. The lowest BCUT2D eigenvalue weighted by molar-refractivity contribution is 0.0969. The van der Waals surface area contributed by atoms with Gasteiger partial charge in [0.25, 0.3) is 0 Å². The first-order chi connectivity index (χ1) is 7.16. The third-order valence-corrected chi connectivity index (χ3v) is 2.85. The number of hydrogen-bond acceptors (Lipinski definition) is 3. The number of ketones is 1. The molecule has 0 saturated carbocycles. The van der Waals surface area contributed by atoms with Gasteiger partial charge in [-0.1, -0.05) is 6.42 Å². The molecule has 0 atom stereocenters. The van der Waals surface area contributed by atoms with Crippen LogP contribution in [-0.2, 0) is 7.05 Å². The molecule has 0 fully saturated rings. The summed E-state index contributed by atoms with van der Waals surface area (Å²) < 4.78 is 2.38. The van der Waals surface area contributed by atoms with Crippen LogP contribution in [0.1, 0.15) is 36.2 Å². The average molecular weight is 274 g/mol. The van der Waals surface area contributed by atoms with E-state index in [4.69, 9.17) is 5.73 Å². The number of Topliss-reactive ketones (excluding diaryl/α,β-unsaturated/α-hetero) is 1. The fourth-order valence-corrected chi connectivity index (χ4v) is 2.02. The molecule has 1 heterocycles. The molecule has 0 aliphatic carbocycles. The first-order valence-corrected chi connectivity index (χ1v) is 5.87. The Hall–Kier alpha value is -0.680. The predicted molar refractivity (Wildman–Crippen MR) is 62.8 cm³/mol. The molecular weight excluding hydrogens is 258 g/mol. The van der Waals surface area contributed by atoms with E-state index in [1.54, 1.807) is 17.9 Å². The molecule has 1 rings (SSSR count). The minimum Gasteiger partial charge on any atom is -0.330 e. The summed E-state index contributed by atoms with van der Waals surface area (Å²) in [4.78, 5) is 11.8. The maximum Gasteiger partial charge on any atom is 0.182 e. The van der Waals surface area contributed by atoms with Crippen LogP contribution in [0.2, 0.25) is 0 Å². The quantitative estimate of drug-likeness (QED) is 0.636. The first-order valence-electron chi connectivity index (χ1n) is 5.07. The molecule has 0 unspecified atom stereocenters. The zero-order valence-electron chi connectivity index (χ0n) is 8.87. The van der Waals surface area contributed by atoms with Gasteiger partial charge in [0.05, 0.1) is 10.7 Å². The van der Waals surface area contributed by atoms with Gasteiger partial charge in [-0.15, -0.1) is 0 Å². The van der Waals surface area contributed by atoms with Gasteiger partial charge in [-0.05, 0) is 35.3 Å². The first kappa shape index (κ1) is 12.4. The lowest BCUT2D eigenvalue weighted by Crippen LogP contribution is -2.07. The molecule has 0 amide bonds. The maximum absolute atomic E-state index is 11.8. The Morgan fingerprint density at radius 2 is 2.27 bits per heavy atom. The fourth-order valence-electron chi connectivity index (χ4n) is 1.45. The van der Waals surface area contributed by atoms with Crippen molar-refractivity contribution in [2.24, 2.45) is 12.8 Å². The minimum absolute atomic E-state index is 0.138. The van der Waals surface area contributed by atoms with Crippen LogP contribution in [0.5, 0.6) is 0 Å². The number of nitrogens with zero attached hydrogens (tertiary/aromatic N) is 2. The topological polar surface area (TPSA) is 60.9 Å². The van der Waals surface area contributed by atoms with E-state index in [0.29, 0.717) is 18.7 Å². The molecule has 0 aliphatic rings. The average Bonchev–Trinajstić information content (AvgIpc) is 2.53. The Labute approximate surface area is 98.0 Å². The van der Waals surface area contributed by atoms with Crippen LogP contribution >= 0.6 is 15.9 Å². The number of hydrogen-bond donors (Lipinski definition) is 1. The third-order valence-electron chi connectivity index (χ3n) is 2.27. The van der Waals surface area contributed by atoms with Gasteiger partial charge in [0.1, 0.15) is 5.69 Å². The summed E-state index contributed by atoms with van der Waals surface area (Å²) in [5, 5.41) is 4.01. The number of aromatic nitrogens is 2. The molecule has 0 radical (unpaired) electrons. The third kappa shape index (κ3) is 3.43. The number of nitrogens with two attached hydrogens (primary N) is 1. The molecule has 84 valence electrons. The van der Waals surface area contributed by atoms with Crippen LogP contribution in [0.25, 0.3) is 0 Å². The highest BCUT2D eigenvalue weighted by molar-refractivity contribution is 9.10. The summed E-state index contributed by atoms with van der Waals surface area (Å²) in [6.07, 6.45) is 5.11. The number of carbonyl (C=O) groups excluding carboxylic acids is 1. The van der Waals surface area contributed by atoms with Crippen LogP contribution in [-0.4, -0.2) is 22.1 Å². The van der Waals surface area contributed by atoms with Crippen molar-refractivity contribution in [2.75, 3.05) is 6.54 Å². The van der Waals surface area contributed by atoms with E-state index in [2.05, 4.69) is 21.0 Å². The van der Waals surface area contributed by atoms with Crippen LogP contribution < -0.4 is 5.73 Å².